The van der Waals surface area contributed by atoms with Crippen LogP contribution in [-0.2, 0) is 4.79 Å². The molecular formula is C10H7ClF3NO3. The van der Waals surface area contributed by atoms with Gasteiger partial charge >= 0.3 is 18.1 Å². The number of carboxylic acids is 1. The van der Waals surface area contributed by atoms with Crippen LogP contribution < -0.4 is 5.32 Å². The Bertz CT molecular complexity index is 514. The molecule has 0 aromatic heterocycles. The third kappa shape index (κ3) is 2.92. The fraction of sp³-hybridized carbons (Fsp3) is 0.200. The van der Waals surface area contributed by atoms with Crippen LogP contribution >= 0.6 is 11.6 Å². The Balaban J connectivity index is 3.17. The number of halogens is 4. The molecule has 0 aliphatic carbocycles. The first-order valence-electron chi connectivity index (χ1n) is 4.55. The molecule has 0 heterocycles. The van der Waals surface area contributed by atoms with Crippen molar-refractivity contribution >= 4 is 29.2 Å². The molecule has 1 aromatic carbocycles. The molecule has 0 saturated heterocycles. The Morgan fingerprint density at radius 3 is 2.33 bits per heavy atom. The van der Waals surface area contributed by atoms with Crippen LogP contribution in [0.4, 0.5) is 18.9 Å². The molecule has 1 rings (SSSR count). The van der Waals surface area contributed by atoms with Crippen molar-refractivity contribution in [2.24, 2.45) is 0 Å². The maximum Gasteiger partial charge on any atom is 0.471 e. The largest absolute Gasteiger partial charge is 0.478 e. The van der Waals surface area contributed by atoms with Gasteiger partial charge in [-0.3, -0.25) is 4.79 Å². The highest BCUT2D eigenvalue weighted by Crippen LogP contribution is 2.27. The molecule has 0 spiro atoms. The van der Waals surface area contributed by atoms with Gasteiger partial charge in [0.25, 0.3) is 0 Å². The molecule has 0 aliphatic rings. The van der Waals surface area contributed by atoms with Crippen molar-refractivity contribution < 1.29 is 27.9 Å². The minimum absolute atomic E-state index is 0.0485. The predicted molar refractivity (Wildman–Crippen MR) is 57.8 cm³/mol. The average molecular weight is 282 g/mol. The first kappa shape index (κ1) is 14.3. The molecule has 4 nitrogen and oxygen atoms in total. The van der Waals surface area contributed by atoms with Crippen molar-refractivity contribution in [3.8, 4) is 0 Å². The molecule has 1 amide bonds. The molecule has 98 valence electrons. The van der Waals surface area contributed by atoms with Crippen LogP contribution in [0.5, 0.6) is 0 Å². The van der Waals surface area contributed by atoms with Crippen LogP contribution in [0.3, 0.4) is 0 Å². The number of carbonyl (C=O) groups is 2. The monoisotopic (exact) mass is 281 g/mol. The molecule has 8 heteroatoms. The first-order valence-corrected chi connectivity index (χ1v) is 4.93. The molecule has 1 aromatic rings. The summed E-state index contributed by atoms with van der Waals surface area (Å²) in [4.78, 5) is 21.6. The summed E-state index contributed by atoms with van der Waals surface area (Å²) in [6.07, 6.45) is -5.05. The Morgan fingerprint density at radius 1 is 1.33 bits per heavy atom. The number of amides is 1. The Morgan fingerprint density at radius 2 is 1.89 bits per heavy atom. The number of anilines is 1. The van der Waals surface area contributed by atoms with Gasteiger partial charge in [-0.05, 0) is 24.6 Å². The summed E-state index contributed by atoms with van der Waals surface area (Å²) in [5, 5.41) is 10.3. The Hall–Kier alpha value is -1.76. The number of alkyl halides is 3. The number of hydrogen-bond acceptors (Lipinski definition) is 2. The van der Waals surface area contributed by atoms with Gasteiger partial charge in [0.2, 0.25) is 0 Å². The maximum absolute atomic E-state index is 12.1. The second-order valence-electron chi connectivity index (χ2n) is 3.35. The molecule has 0 saturated carbocycles. The number of carbonyl (C=O) groups excluding carboxylic acids is 1. The predicted octanol–water partition coefficient (Wildman–Crippen LogP) is 2.85. The van der Waals surface area contributed by atoms with Crippen molar-refractivity contribution in [2.75, 3.05) is 5.32 Å². The third-order valence-corrected chi connectivity index (χ3v) is 2.45. The zero-order chi connectivity index (χ0) is 14.1. The molecule has 0 bridgehead atoms. The van der Waals surface area contributed by atoms with Crippen LogP contribution in [0.15, 0.2) is 12.1 Å². The van der Waals surface area contributed by atoms with E-state index in [1.165, 1.54) is 6.92 Å². The van der Waals surface area contributed by atoms with Gasteiger partial charge < -0.3 is 10.4 Å². The van der Waals surface area contributed by atoms with E-state index in [9.17, 15) is 22.8 Å². The molecule has 2 N–H and O–H groups in total. The van der Waals surface area contributed by atoms with Gasteiger partial charge in [0.15, 0.2) is 0 Å². The molecule has 0 radical (unpaired) electrons. The van der Waals surface area contributed by atoms with E-state index in [1.54, 1.807) is 5.32 Å². The van der Waals surface area contributed by atoms with Crippen molar-refractivity contribution in [3.63, 3.8) is 0 Å². The third-order valence-electron chi connectivity index (χ3n) is 2.13. The lowest BCUT2D eigenvalue weighted by Gasteiger charge is -2.12. The lowest BCUT2D eigenvalue weighted by Crippen LogP contribution is -2.30. The molecule has 0 unspecified atom stereocenters. The number of benzene rings is 1. The van der Waals surface area contributed by atoms with Crippen molar-refractivity contribution in [1.82, 2.24) is 0 Å². The normalized spacial score (nSPS) is 11.2. The first-order chi connectivity index (χ1) is 8.14. The molecule has 18 heavy (non-hydrogen) atoms. The van der Waals surface area contributed by atoms with Crippen LogP contribution in [0.2, 0.25) is 5.02 Å². The molecular weight excluding hydrogens is 275 g/mol. The smallest absolute Gasteiger partial charge is 0.471 e. The van der Waals surface area contributed by atoms with Gasteiger partial charge in [0.05, 0.1) is 10.6 Å². The van der Waals surface area contributed by atoms with E-state index in [-0.39, 0.29) is 21.8 Å². The highest BCUT2D eigenvalue weighted by molar-refractivity contribution is 6.34. The number of carboxylic acid groups (broad SMARTS) is 1. The minimum Gasteiger partial charge on any atom is -0.478 e. The van der Waals surface area contributed by atoms with Crippen molar-refractivity contribution in [1.29, 1.82) is 0 Å². The number of hydrogen-bond donors (Lipinski definition) is 2. The summed E-state index contributed by atoms with van der Waals surface area (Å²) in [7, 11) is 0. The molecule has 0 aliphatic heterocycles. The van der Waals surface area contributed by atoms with Gasteiger partial charge in [-0.1, -0.05) is 11.6 Å². The van der Waals surface area contributed by atoms with Crippen LogP contribution in [0.25, 0.3) is 0 Å². The lowest BCUT2D eigenvalue weighted by molar-refractivity contribution is -0.167. The summed E-state index contributed by atoms with van der Waals surface area (Å²) >= 11 is 5.61. The van der Waals surface area contributed by atoms with Gasteiger partial charge in [-0.15, -0.1) is 0 Å². The Kier molecular flexibility index (Phi) is 3.85. The van der Waals surface area contributed by atoms with Crippen LogP contribution in [0.1, 0.15) is 15.9 Å². The quantitative estimate of drug-likeness (QED) is 0.876. The minimum atomic E-state index is -5.05. The SMILES string of the molecule is Cc1c(NC(=O)C(F)(F)F)ccc(Cl)c1C(=O)O. The Labute approximate surface area is 104 Å². The van der Waals surface area contributed by atoms with E-state index in [2.05, 4.69) is 0 Å². The van der Waals surface area contributed by atoms with E-state index >= 15 is 0 Å². The fourth-order valence-electron chi connectivity index (χ4n) is 1.27. The number of nitrogens with one attached hydrogen (secondary N) is 1. The zero-order valence-electron chi connectivity index (χ0n) is 8.93. The van der Waals surface area contributed by atoms with E-state index < -0.39 is 18.1 Å². The van der Waals surface area contributed by atoms with Crippen molar-refractivity contribution in [3.05, 3.63) is 28.3 Å². The van der Waals surface area contributed by atoms with Gasteiger partial charge in [-0.25, -0.2) is 4.79 Å². The van der Waals surface area contributed by atoms with Gasteiger partial charge in [0.1, 0.15) is 0 Å². The van der Waals surface area contributed by atoms with E-state index in [1.807, 2.05) is 0 Å². The second-order valence-corrected chi connectivity index (χ2v) is 3.76. The summed E-state index contributed by atoms with van der Waals surface area (Å²) in [5.74, 6) is -3.56. The standard InChI is InChI=1S/C10H7ClF3NO3/c1-4-6(15-9(18)10(12,13)14)3-2-5(11)7(4)8(16)17/h2-3H,1H3,(H,15,18)(H,16,17). The highest BCUT2D eigenvalue weighted by atomic mass is 35.5. The van der Waals surface area contributed by atoms with E-state index in [0.29, 0.717) is 0 Å². The van der Waals surface area contributed by atoms with E-state index in [0.717, 1.165) is 12.1 Å². The highest BCUT2D eigenvalue weighted by Gasteiger charge is 2.39. The fourth-order valence-corrected chi connectivity index (χ4v) is 1.56. The average Bonchev–Trinajstić information content (AvgIpc) is 2.20. The number of rotatable bonds is 2. The van der Waals surface area contributed by atoms with Gasteiger partial charge in [-0.2, -0.15) is 13.2 Å². The number of aromatic carboxylic acids is 1. The maximum atomic E-state index is 12.1. The summed E-state index contributed by atoms with van der Waals surface area (Å²) in [5.41, 5.74) is -0.650. The topological polar surface area (TPSA) is 66.4 Å². The van der Waals surface area contributed by atoms with Crippen molar-refractivity contribution in [2.45, 2.75) is 13.1 Å². The summed E-state index contributed by atoms with van der Waals surface area (Å²) in [6, 6.07) is 2.21. The van der Waals surface area contributed by atoms with Crippen LogP contribution in [0, 0.1) is 6.92 Å². The second kappa shape index (κ2) is 4.85. The lowest BCUT2D eigenvalue weighted by atomic mass is 10.1. The van der Waals surface area contributed by atoms with Crippen LogP contribution in [-0.4, -0.2) is 23.2 Å². The van der Waals surface area contributed by atoms with E-state index in [4.69, 9.17) is 16.7 Å². The summed E-state index contributed by atoms with van der Waals surface area (Å²) < 4.78 is 36.2. The zero-order valence-corrected chi connectivity index (χ0v) is 9.69. The van der Waals surface area contributed by atoms with Gasteiger partial charge in [0, 0.05) is 5.69 Å². The molecule has 0 atom stereocenters. The summed E-state index contributed by atoms with van der Waals surface area (Å²) in [6.45, 7) is 1.25. The molecule has 0 fully saturated rings.